The summed E-state index contributed by atoms with van der Waals surface area (Å²) < 4.78 is 0. The van der Waals surface area contributed by atoms with Gasteiger partial charge in [0.1, 0.15) is 11.3 Å². The summed E-state index contributed by atoms with van der Waals surface area (Å²) in [6.45, 7) is 1.92. The third-order valence-corrected chi connectivity index (χ3v) is 3.23. The molecule has 1 amide bonds. The number of aromatic hydroxyl groups is 1. The molecule has 2 rings (SSSR count). The first kappa shape index (κ1) is 16.4. The Morgan fingerprint density at radius 2 is 1.74 bits per heavy atom. The third-order valence-electron chi connectivity index (χ3n) is 3.03. The van der Waals surface area contributed by atoms with Crippen molar-refractivity contribution >= 4 is 34.9 Å². The van der Waals surface area contributed by atoms with E-state index in [0.29, 0.717) is 11.3 Å². The fraction of sp³-hybridized carbons (Fsp3) is 0.0625. The van der Waals surface area contributed by atoms with Crippen molar-refractivity contribution in [3.8, 4) is 5.75 Å². The Morgan fingerprint density at radius 3 is 2.35 bits per heavy atom. The van der Waals surface area contributed by atoms with Gasteiger partial charge in [0.2, 0.25) is 0 Å². The largest absolute Gasteiger partial charge is 0.507 e. The number of hydrogen-bond acceptors (Lipinski definition) is 4. The second-order valence-electron chi connectivity index (χ2n) is 4.81. The number of nitrogens with one attached hydrogen (secondary N) is 2. The van der Waals surface area contributed by atoms with Gasteiger partial charge in [-0.3, -0.25) is 10.1 Å². The zero-order valence-electron chi connectivity index (χ0n) is 12.2. The van der Waals surface area contributed by atoms with E-state index in [1.165, 1.54) is 18.2 Å². The molecule has 0 saturated heterocycles. The highest BCUT2D eigenvalue weighted by Gasteiger charge is 2.12. The van der Waals surface area contributed by atoms with E-state index in [1.54, 1.807) is 12.1 Å². The molecule has 118 valence electrons. The van der Waals surface area contributed by atoms with Crippen molar-refractivity contribution in [1.82, 2.24) is 5.32 Å². The first-order valence-corrected chi connectivity index (χ1v) is 7.03. The van der Waals surface area contributed by atoms with Gasteiger partial charge in [-0.2, -0.15) is 0 Å². The highest BCUT2D eigenvalue weighted by Crippen LogP contribution is 2.21. The second kappa shape index (κ2) is 6.89. The average molecular weight is 330 g/mol. The van der Waals surface area contributed by atoms with Crippen LogP contribution in [0.25, 0.3) is 0 Å². The molecule has 7 heteroatoms. The smallest absolute Gasteiger partial charge is 0.339 e. The molecule has 0 bridgehead atoms. The minimum Gasteiger partial charge on any atom is -0.507 e. The lowest BCUT2D eigenvalue weighted by Gasteiger charge is -2.11. The zero-order valence-corrected chi connectivity index (χ0v) is 13.0. The summed E-state index contributed by atoms with van der Waals surface area (Å²) >= 11 is 5.03. The normalized spacial score (nSPS) is 9.96. The van der Waals surface area contributed by atoms with E-state index in [4.69, 9.17) is 17.3 Å². The first-order chi connectivity index (χ1) is 10.9. The SMILES string of the molecule is Cc1ccc(C(=O)NC(=S)Nc2ccc(O)c(C(=O)O)c2)cc1. The maximum absolute atomic E-state index is 12.0. The summed E-state index contributed by atoms with van der Waals surface area (Å²) in [5.74, 6) is -1.99. The van der Waals surface area contributed by atoms with E-state index in [1.807, 2.05) is 19.1 Å². The van der Waals surface area contributed by atoms with E-state index in [-0.39, 0.29) is 22.3 Å². The molecular weight excluding hydrogens is 316 g/mol. The molecular formula is C16H14N2O4S. The van der Waals surface area contributed by atoms with Crippen LogP contribution in [0.15, 0.2) is 42.5 Å². The number of hydrogen-bond donors (Lipinski definition) is 4. The molecule has 0 fully saturated rings. The van der Waals surface area contributed by atoms with Crippen LogP contribution >= 0.6 is 12.2 Å². The fourth-order valence-electron chi connectivity index (χ4n) is 1.83. The summed E-state index contributed by atoms with van der Waals surface area (Å²) in [6.07, 6.45) is 0. The number of carboxylic acid groups (broad SMARTS) is 1. The van der Waals surface area contributed by atoms with Crippen molar-refractivity contribution in [3.05, 3.63) is 59.2 Å². The van der Waals surface area contributed by atoms with Crippen LogP contribution in [0.1, 0.15) is 26.3 Å². The van der Waals surface area contributed by atoms with Crippen molar-refractivity contribution in [2.24, 2.45) is 0 Å². The van der Waals surface area contributed by atoms with Crippen LogP contribution in [-0.4, -0.2) is 27.2 Å². The number of aryl methyl sites for hydroxylation is 1. The number of carbonyl (C=O) groups excluding carboxylic acids is 1. The topological polar surface area (TPSA) is 98.7 Å². The number of aromatic carboxylic acids is 1. The van der Waals surface area contributed by atoms with Crippen LogP contribution in [0, 0.1) is 6.92 Å². The average Bonchev–Trinajstić information content (AvgIpc) is 2.49. The maximum atomic E-state index is 12.0. The number of phenols is 1. The summed E-state index contributed by atoms with van der Waals surface area (Å²) in [5.41, 5.74) is 1.57. The van der Waals surface area contributed by atoms with Gasteiger partial charge in [0.15, 0.2) is 5.11 Å². The van der Waals surface area contributed by atoms with Crippen LogP contribution in [-0.2, 0) is 0 Å². The van der Waals surface area contributed by atoms with Gasteiger partial charge in [-0.15, -0.1) is 0 Å². The highest BCUT2D eigenvalue weighted by atomic mass is 32.1. The minimum absolute atomic E-state index is 0.0256. The van der Waals surface area contributed by atoms with Crippen molar-refractivity contribution in [2.75, 3.05) is 5.32 Å². The van der Waals surface area contributed by atoms with Crippen LogP contribution in [0.2, 0.25) is 0 Å². The van der Waals surface area contributed by atoms with E-state index in [0.717, 1.165) is 5.56 Å². The molecule has 0 aromatic heterocycles. The third kappa shape index (κ3) is 4.27. The molecule has 0 aliphatic rings. The number of benzene rings is 2. The van der Waals surface area contributed by atoms with Crippen LogP contribution in [0.5, 0.6) is 5.75 Å². The van der Waals surface area contributed by atoms with Crippen LogP contribution in [0.4, 0.5) is 5.69 Å². The molecule has 0 spiro atoms. The van der Waals surface area contributed by atoms with Gasteiger partial charge in [0.05, 0.1) is 0 Å². The van der Waals surface area contributed by atoms with Gasteiger partial charge in [-0.05, 0) is 49.5 Å². The van der Waals surface area contributed by atoms with Crippen molar-refractivity contribution < 1.29 is 19.8 Å². The van der Waals surface area contributed by atoms with Gasteiger partial charge in [-0.1, -0.05) is 17.7 Å². The lowest BCUT2D eigenvalue weighted by atomic mass is 10.1. The van der Waals surface area contributed by atoms with E-state index in [2.05, 4.69) is 10.6 Å². The molecule has 23 heavy (non-hydrogen) atoms. The fourth-order valence-corrected chi connectivity index (χ4v) is 2.04. The monoisotopic (exact) mass is 330 g/mol. The molecule has 0 atom stereocenters. The van der Waals surface area contributed by atoms with Crippen LogP contribution in [0.3, 0.4) is 0 Å². The lowest BCUT2D eigenvalue weighted by molar-refractivity contribution is 0.0693. The number of thiocarbonyl (C=S) groups is 1. The second-order valence-corrected chi connectivity index (χ2v) is 5.22. The predicted molar refractivity (Wildman–Crippen MR) is 89.9 cm³/mol. The number of carboxylic acids is 1. The summed E-state index contributed by atoms with van der Waals surface area (Å²) in [7, 11) is 0. The molecule has 2 aromatic carbocycles. The number of anilines is 1. The number of rotatable bonds is 3. The molecule has 0 aliphatic heterocycles. The first-order valence-electron chi connectivity index (χ1n) is 6.62. The lowest BCUT2D eigenvalue weighted by Crippen LogP contribution is -2.34. The molecule has 0 aliphatic carbocycles. The van der Waals surface area contributed by atoms with E-state index < -0.39 is 5.97 Å². The Morgan fingerprint density at radius 1 is 1.09 bits per heavy atom. The maximum Gasteiger partial charge on any atom is 0.339 e. The van der Waals surface area contributed by atoms with E-state index >= 15 is 0 Å². The molecule has 4 N–H and O–H groups in total. The predicted octanol–water partition coefficient (Wildman–Crippen LogP) is 2.53. The Labute approximate surface area is 137 Å². The van der Waals surface area contributed by atoms with Crippen molar-refractivity contribution in [1.29, 1.82) is 0 Å². The summed E-state index contributed by atoms with van der Waals surface area (Å²) in [5, 5.41) is 23.6. The molecule has 0 radical (unpaired) electrons. The number of amides is 1. The minimum atomic E-state index is -1.26. The standard InChI is InChI=1S/C16H14N2O4S/c1-9-2-4-10(5-3-9)14(20)18-16(23)17-11-6-7-13(19)12(8-11)15(21)22/h2-8,19H,1H3,(H,21,22)(H2,17,18,20,23). The Bertz CT molecular complexity index is 772. The van der Waals surface area contributed by atoms with Crippen molar-refractivity contribution in [3.63, 3.8) is 0 Å². The van der Waals surface area contributed by atoms with Gasteiger partial charge in [0, 0.05) is 11.3 Å². The zero-order chi connectivity index (χ0) is 17.0. The molecule has 0 unspecified atom stereocenters. The number of carbonyl (C=O) groups is 2. The highest BCUT2D eigenvalue weighted by molar-refractivity contribution is 7.80. The molecule has 2 aromatic rings. The summed E-state index contributed by atoms with van der Waals surface area (Å²) in [6, 6.07) is 10.9. The van der Waals surface area contributed by atoms with Crippen LogP contribution < -0.4 is 10.6 Å². The molecule has 0 heterocycles. The van der Waals surface area contributed by atoms with Gasteiger partial charge in [-0.25, -0.2) is 4.79 Å². The van der Waals surface area contributed by atoms with Gasteiger partial charge in [0.25, 0.3) is 5.91 Å². The quantitative estimate of drug-likeness (QED) is 0.510. The Kier molecular flexibility index (Phi) is 4.92. The summed E-state index contributed by atoms with van der Waals surface area (Å²) in [4.78, 5) is 23.0. The molecule has 6 nitrogen and oxygen atoms in total. The van der Waals surface area contributed by atoms with Gasteiger partial charge >= 0.3 is 5.97 Å². The molecule has 0 saturated carbocycles. The van der Waals surface area contributed by atoms with Crippen molar-refractivity contribution in [2.45, 2.75) is 6.92 Å². The Balaban J connectivity index is 2.05. The Hall–Kier alpha value is -2.93. The van der Waals surface area contributed by atoms with Gasteiger partial charge < -0.3 is 15.5 Å². The van der Waals surface area contributed by atoms with E-state index in [9.17, 15) is 14.7 Å².